The lowest BCUT2D eigenvalue weighted by Gasteiger charge is -2.14. The fraction of sp³-hybridized carbons (Fsp3) is 0.312. The molecule has 1 aromatic heterocycles. The molecule has 2 rings (SSSR count). The van der Waals surface area contributed by atoms with E-state index < -0.39 is 0 Å². The van der Waals surface area contributed by atoms with Crippen LogP contribution in [0.15, 0.2) is 42.6 Å². The summed E-state index contributed by atoms with van der Waals surface area (Å²) < 4.78 is 10.2. The third-order valence-corrected chi connectivity index (χ3v) is 3.23. The number of hydrogen-bond acceptors (Lipinski definition) is 4. The molecule has 106 valence electrons. The third-order valence-electron chi connectivity index (χ3n) is 3.23. The van der Waals surface area contributed by atoms with Gasteiger partial charge in [-0.15, -0.1) is 0 Å². The molecule has 2 aromatic rings. The van der Waals surface area contributed by atoms with Gasteiger partial charge in [0, 0.05) is 24.8 Å². The minimum atomic E-state index is 0.267. The van der Waals surface area contributed by atoms with Crippen LogP contribution in [-0.4, -0.2) is 19.2 Å². The van der Waals surface area contributed by atoms with Crippen molar-refractivity contribution >= 4 is 0 Å². The molecular formula is C16H20N2O2. The first kappa shape index (κ1) is 14.3. The molecule has 0 bridgehead atoms. The van der Waals surface area contributed by atoms with E-state index in [2.05, 4.69) is 29.4 Å². The van der Waals surface area contributed by atoms with Gasteiger partial charge in [0.1, 0.15) is 5.75 Å². The van der Waals surface area contributed by atoms with Crippen molar-refractivity contribution < 1.29 is 9.47 Å². The lowest BCUT2D eigenvalue weighted by molar-refractivity contribution is 0.397. The molecule has 1 atom stereocenters. The van der Waals surface area contributed by atoms with Gasteiger partial charge in [0.05, 0.1) is 14.2 Å². The fourth-order valence-corrected chi connectivity index (χ4v) is 1.92. The molecule has 1 aromatic carbocycles. The molecule has 0 radical (unpaired) electrons. The van der Waals surface area contributed by atoms with Crippen LogP contribution in [0.1, 0.15) is 24.1 Å². The molecule has 0 aliphatic carbocycles. The summed E-state index contributed by atoms with van der Waals surface area (Å²) in [6.45, 7) is 2.91. The quantitative estimate of drug-likeness (QED) is 0.878. The van der Waals surface area contributed by atoms with E-state index in [4.69, 9.17) is 9.47 Å². The highest BCUT2D eigenvalue weighted by molar-refractivity contribution is 5.29. The van der Waals surface area contributed by atoms with Crippen LogP contribution >= 0.6 is 0 Å². The van der Waals surface area contributed by atoms with Crippen molar-refractivity contribution in [3.63, 3.8) is 0 Å². The van der Waals surface area contributed by atoms with Gasteiger partial charge >= 0.3 is 0 Å². The second kappa shape index (κ2) is 6.91. The van der Waals surface area contributed by atoms with Gasteiger partial charge in [0.25, 0.3) is 0 Å². The van der Waals surface area contributed by atoms with E-state index in [0.717, 1.165) is 17.9 Å². The second-order valence-electron chi connectivity index (χ2n) is 4.58. The standard InChI is InChI=1S/C16H20N2O2/c1-12(14-5-7-15(19-2)8-6-14)17-10-13-4-9-16(20-3)18-11-13/h4-9,11-12,17H,10H2,1-3H3. The molecule has 0 saturated carbocycles. The summed E-state index contributed by atoms with van der Waals surface area (Å²) in [6.07, 6.45) is 1.83. The third kappa shape index (κ3) is 3.71. The first-order valence-corrected chi connectivity index (χ1v) is 6.59. The topological polar surface area (TPSA) is 43.4 Å². The highest BCUT2D eigenvalue weighted by Gasteiger charge is 2.05. The lowest BCUT2D eigenvalue weighted by Crippen LogP contribution is -2.18. The van der Waals surface area contributed by atoms with Crippen molar-refractivity contribution in [3.8, 4) is 11.6 Å². The molecule has 0 amide bonds. The van der Waals surface area contributed by atoms with Crippen molar-refractivity contribution in [3.05, 3.63) is 53.7 Å². The van der Waals surface area contributed by atoms with Crippen molar-refractivity contribution in [2.24, 2.45) is 0 Å². The molecule has 0 fully saturated rings. The number of rotatable bonds is 6. The van der Waals surface area contributed by atoms with E-state index in [9.17, 15) is 0 Å². The van der Waals surface area contributed by atoms with Crippen LogP contribution in [0.5, 0.6) is 11.6 Å². The van der Waals surface area contributed by atoms with Crippen LogP contribution in [-0.2, 0) is 6.54 Å². The van der Waals surface area contributed by atoms with E-state index in [0.29, 0.717) is 5.88 Å². The Labute approximate surface area is 119 Å². The van der Waals surface area contributed by atoms with Gasteiger partial charge < -0.3 is 14.8 Å². The number of benzene rings is 1. The van der Waals surface area contributed by atoms with Crippen LogP contribution < -0.4 is 14.8 Å². The van der Waals surface area contributed by atoms with Crippen molar-refractivity contribution in [1.29, 1.82) is 0 Å². The number of pyridine rings is 1. The van der Waals surface area contributed by atoms with Crippen LogP contribution in [0, 0.1) is 0 Å². The SMILES string of the molecule is COc1ccc(C(C)NCc2ccc(OC)nc2)cc1. The molecule has 1 heterocycles. The van der Waals surface area contributed by atoms with Crippen LogP contribution in [0.2, 0.25) is 0 Å². The second-order valence-corrected chi connectivity index (χ2v) is 4.58. The maximum Gasteiger partial charge on any atom is 0.212 e. The van der Waals surface area contributed by atoms with Crippen molar-refractivity contribution in [2.45, 2.75) is 19.5 Å². The maximum atomic E-state index is 5.16. The lowest BCUT2D eigenvalue weighted by atomic mass is 10.1. The van der Waals surface area contributed by atoms with Gasteiger partial charge in [0.15, 0.2) is 0 Å². The molecule has 0 aliphatic heterocycles. The summed E-state index contributed by atoms with van der Waals surface area (Å²) in [5.41, 5.74) is 2.36. The maximum absolute atomic E-state index is 5.16. The Morgan fingerprint density at radius 3 is 2.35 bits per heavy atom. The zero-order chi connectivity index (χ0) is 14.4. The average molecular weight is 272 g/mol. The molecule has 4 nitrogen and oxygen atoms in total. The Bertz CT molecular complexity index is 523. The van der Waals surface area contributed by atoms with Crippen molar-refractivity contribution in [1.82, 2.24) is 10.3 Å². The Kier molecular flexibility index (Phi) is 4.96. The van der Waals surface area contributed by atoms with Crippen molar-refractivity contribution in [2.75, 3.05) is 14.2 Å². The minimum absolute atomic E-state index is 0.267. The number of hydrogen-bond donors (Lipinski definition) is 1. The summed E-state index contributed by atoms with van der Waals surface area (Å²) in [6, 6.07) is 12.2. The highest BCUT2D eigenvalue weighted by Crippen LogP contribution is 2.17. The van der Waals surface area contributed by atoms with E-state index in [1.165, 1.54) is 5.56 Å². The van der Waals surface area contributed by atoms with Crippen LogP contribution in [0.3, 0.4) is 0 Å². The number of methoxy groups -OCH3 is 2. The van der Waals surface area contributed by atoms with E-state index in [1.807, 2.05) is 30.5 Å². The van der Waals surface area contributed by atoms with Gasteiger partial charge in [-0.25, -0.2) is 4.98 Å². The van der Waals surface area contributed by atoms with E-state index >= 15 is 0 Å². The number of nitrogens with zero attached hydrogens (tertiary/aromatic N) is 1. The minimum Gasteiger partial charge on any atom is -0.497 e. The highest BCUT2D eigenvalue weighted by atomic mass is 16.5. The first-order chi connectivity index (χ1) is 9.72. The van der Waals surface area contributed by atoms with E-state index in [-0.39, 0.29) is 6.04 Å². The number of ether oxygens (including phenoxy) is 2. The molecular weight excluding hydrogens is 252 g/mol. The Morgan fingerprint density at radius 2 is 1.80 bits per heavy atom. The zero-order valence-electron chi connectivity index (χ0n) is 12.1. The fourth-order valence-electron chi connectivity index (χ4n) is 1.92. The normalized spacial score (nSPS) is 11.9. The van der Waals surface area contributed by atoms with Crippen LogP contribution in [0.4, 0.5) is 0 Å². The number of nitrogens with one attached hydrogen (secondary N) is 1. The summed E-state index contributed by atoms with van der Waals surface area (Å²) in [5, 5.41) is 3.47. The number of aromatic nitrogens is 1. The predicted octanol–water partition coefficient (Wildman–Crippen LogP) is 2.95. The molecule has 20 heavy (non-hydrogen) atoms. The summed E-state index contributed by atoms with van der Waals surface area (Å²) >= 11 is 0. The summed E-state index contributed by atoms with van der Waals surface area (Å²) in [7, 11) is 3.29. The van der Waals surface area contributed by atoms with Gasteiger partial charge in [0.2, 0.25) is 5.88 Å². The molecule has 0 aliphatic rings. The summed E-state index contributed by atoms with van der Waals surface area (Å²) in [4.78, 5) is 4.19. The smallest absolute Gasteiger partial charge is 0.212 e. The average Bonchev–Trinajstić information content (AvgIpc) is 2.53. The molecule has 4 heteroatoms. The molecule has 1 N–H and O–H groups in total. The Hall–Kier alpha value is -2.07. The summed E-state index contributed by atoms with van der Waals surface area (Å²) in [5.74, 6) is 1.51. The predicted molar refractivity (Wildman–Crippen MR) is 79.0 cm³/mol. The first-order valence-electron chi connectivity index (χ1n) is 6.59. The van der Waals surface area contributed by atoms with Gasteiger partial charge in [-0.05, 0) is 30.2 Å². The Morgan fingerprint density at radius 1 is 1.05 bits per heavy atom. The van der Waals surface area contributed by atoms with Crippen LogP contribution in [0.25, 0.3) is 0 Å². The molecule has 0 spiro atoms. The molecule has 0 saturated heterocycles. The van der Waals surface area contributed by atoms with Gasteiger partial charge in [-0.3, -0.25) is 0 Å². The van der Waals surface area contributed by atoms with Gasteiger partial charge in [-0.2, -0.15) is 0 Å². The van der Waals surface area contributed by atoms with Gasteiger partial charge in [-0.1, -0.05) is 18.2 Å². The Balaban J connectivity index is 1.91. The monoisotopic (exact) mass is 272 g/mol. The molecule has 1 unspecified atom stereocenters. The van der Waals surface area contributed by atoms with E-state index in [1.54, 1.807) is 14.2 Å². The zero-order valence-corrected chi connectivity index (χ0v) is 12.1. The largest absolute Gasteiger partial charge is 0.497 e.